The van der Waals surface area contributed by atoms with E-state index in [-0.39, 0.29) is 18.2 Å². The molecule has 0 saturated heterocycles. The first kappa shape index (κ1) is 17.7. The maximum Gasteiger partial charge on any atom is 0.222 e. The van der Waals surface area contributed by atoms with E-state index >= 15 is 0 Å². The third-order valence-electron chi connectivity index (χ3n) is 3.75. The molecule has 2 aromatic rings. The normalized spacial score (nSPS) is 10.2. The SMILES string of the molecule is CC(=O)N(CCC(=O)NCc1cccc(C)c1)Cc1ccncc1. The number of nitrogens with one attached hydrogen (secondary N) is 1. The first-order chi connectivity index (χ1) is 11.5. The molecule has 5 nitrogen and oxygen atoms in total. The number of carbonyl (C=O) groups is 2. The Balaban J connectivity index is 1.80. The van der Waals surface area contributed by atoms with Gasteiger partial charge in [0.25, 0.3) is 0 Å². The Morgan fingerprint density at radius 3 is 2.54 bits per heavy atom. The van der Waals surface area contributed by atoms with E-state index in [0.29, 0.717) is 19.6 Å². The minimum Gasteiger partial charge on any atom is -0.352 e. The molecule has 0 atom stereocenters. The van der Waals surface area contributed by atoms with Gasteiger partial charge in [-0.05, 0) is 30.2 Å². The second-order valence-electron chi connectivity index (χ2n) is 5.81. The molecule has 0 aliphatic carbocycles. The van der Waals surface area contributed by atoms with Crippen LogP contribution in [-0.2, 0) is 22.7 Å². The summed E-state index contributed by atoms with van der Waals surface area (Å²) >= 11 is 0. The molecule has 0 bridgehead atoms. The van der Waals surface area contributed by atoms with Crippen LogP contribution in [0.5, 0.6) is 0 Å². The summed E-state index contributed by atoms with van der Waals surface area (Å²) in [6.45, 7) is 4.94. The molecule has 0 aliphatic heterocycles. The summed E-state index contributed by atoms with van der Waals surface area (Å²) in [6, 6.07) is 11.8. The van der Waals surface area contributed by atoms with Crippen LogP contribution in [0.3, 0.4) is 0 Å². The van der Waals surface area contributed by atoms with E-state index in [1.54, 1.807) is 17.3 Å². The Morgan fingerprint density at radius 2 is 1.88 bits per heavy atom. The second-order valence-corrected chi connectivity index (χ2v) is 5.81. The minimum absolute atomic E-state index is 0.0432. The maximum atomic E-state index is 12.0. The maximum absolute atomic E-state index is 12.0. The highest BCUT2D eigenvalue weighted by Gasteiger charge is 2.11. The van der Waals surface area contributed by atoms with E-state index in [2.05, 4.69) is 10.3 Å². The van der Waals surface area contributed by atoms with E-state index in [1.807, 2.05) is 43.3 Å². The van der Waals surface area contributed by atoms with Crippen molar-refractivity contribution < 1.29 is 9.59 Å². The molecule has 0 radical (unpaired) electrons. The molecule has 0 unspecified atom stereocenters. The van der Waals surface area contributed by atoms with Gasteiger partial charge in [-0.1, -0.05) is 29.8 Å². The zero-order valence-corrected chi connectivity index (χ0v) is 14.2. The molecule has 2 rings (SSSR count). The van der Waals surface area contributed by atoms with Gasteiger partial charge < -0.3 is 10.2 Å². The largest absolute Gasteiger partial charge is 0.352 e. The smallest absolute Gasteiger partial charge is 0.222 e. The fraction of sp³-hybridized carbons (Fsp3) is 0.316. The van der Waals surface area contributed by atoms with E-state index in [0.717, 1.165) is 11.1 Å². The van der Waals surface area contributed by atoms with Crippen molar-refractivity contribution >= 4 is 11.8 Å². The Bertz CT molecular complexity index is 686. The number of rotatable bonds is 7. The Labute approximate surface area is 142 Å². The van der Waals surface area contributed by atoms with Crippen LogP contribution in [0, 0.1) is 6.92 Å². The third kappa shape index (κ3) is 5.83. The first-order valence-corrected chi connectivity index (χ1v) is 8.01. The second kappa shape index (κ2) is 8.82. The van der Waals surface area contributed by atoms with Crippen molar-refractivity contribution in [2.24, 2.45) is 0 Å². The van der Waals surface area contributed by atoms with E-state index in [1.165, 1.54) is 12.5 Å². The summed E-state index contributed by atoms with van der Waals surface area (Å²) in [6.07, 6.45) is 3.68. The van der Waals surface area contributed by atoms with Gasteiger partial charge in [-0.2, -0.15) is 0 Å². The van der Waals surface area contributed by atoms with Crippen LogP contribution in [0.15, 0.2) is 48.8 Å². The molecule has 24 heavy (non-hydrogen) atoms. The predicted molar refractivity (Wildman–Crippen MR) is 93.0 cm³/mol. The molecule has 1 aromatic heterocycles. The summed E-state index contributed by atoms with van der Waals surface area (Å²) in [7, 11) is 0. The zero-order valence-electron chi connectivity index (χ0n) is 14.2. The third-order valence-corrected chi connectivity index (χ3v) is 3.75. The highest BCUT2D eigenvalue weighted by atomic mass is 16.2. The van der Waals surface area contributed by atoms with Gasteiger partial charge in [0.05, 0.1) is 0 Å². The molecule has 0 spiro atoms. The van der Waals surface area contributed by atoms with Crippen molar-refractivity contribution in [3.8, 4) is 0 Å². The molecule has 126 valence electrons. The first-order valence-electron chi connectivity index (χ1n) is 8.01. The van der Waals surface area contributed by atoms with Crippen molar-refractivity contribution in [3.63, 3.8) is 0 Å². The number of aryl methyl sites for hydroxylation is 1. The number of hydrogen-bond donors (Lipinski definition) is 1. The van der Waals surface area contributed by atoms with Gasteiger partial charge in [-0.15, -0.1) is 0 Å². The number of amides is 2. The van der Waals surface area contributed by atoms with Crippen molar-refractivity contribution in [3.05, 3.63) is 65.5 Å². The fourth-order valence-electron chi connectivity index (χ4n) is 2.40. The predicted octanol–water partition coefficient (Wildman–Crippen LogP) is 2.45. The van der Waals surface area contributed by atoms with E-state index in [9.17, 15) is 9.59 Å². The van der Waals surface area contributed by atoms with Crippen molar-refractivity contribution in [1.82, 2.24) is 15.2 Å². The van der Waals surface area contributed by atoms with Crippen LogP contribution in [0.1, 0.15) is 30.0 Å². The quantitative estimate of drug-likeness (QED) is 0.850. The molecule has 0 aliphatic rings. The number of carbonyl (C=O) groups excluding carboxylic acids is 2. The lowest BCUT2D eigenvalue weighted by Gasteiger charge is -2.20. The monoisotopic (exact) mass is 325 g/mol. The lowest BCUT2D eigenvalue weighted by Crippen LogP contribution is -2.33. The number of benzene rings is 1. The van der Waals surface area contributed by atoms with Gasteiger partial charge in [0.1, 0.15) is 0 Å². The van der Waals surface area contributed by atoms with E-state index in [4.69, 9.17) is 0 Å². The zero-order chi connectivity index (χ0) is 17.4. The van der Waals surface area contributed by atoms with Crippen molar-refractivity contribution in [1.29, 1.82) is 0 Å². The lowest BCUT2D eigenvalue weighted by atomic mass is 10.1. The average Bonchev–Trinajstić information content (AvgIpc) is 2.57. The van der Waals surface area contributed by atoms with Crippen molar-refractivity contribution in [2.45, 2.75) is 33.4 Å². The van der Waals surface area contributed by atoms with Gasteiger partial charge in [0.2, 0.25) is 11.8 Å². The van der Waals surface area contributed by atoms with Crippen LogP contribution >= 0.6 is 0 Å². The molecular weight excluding hydrogens is 302 g/mol. The van der Waals surface area contributed by atoms with Gasteiger partial charge >= 0.3 is 0 Å². The van der Waals surface area contributed by atoms with Crippen LogP contribution in [-0.4, -0.2) is 28.2 Å². The highest BCUT2D eigenvalue weighted by Crippen LogP contribution is 2.06. The molecule has 1 N–H and O–H groups in total. The number of hydrogen-bond acceptors (Lipinski definition) is 3. The molecule has 1 aromatic carbocycles. The van der Waals surface area contributed by atoms with Gasteiger partial charge in [-0.3, -0.25) is 14.6 Å². The highest BCUT2D eigenvalue weighted by molar-refractivity contribution is 5.78. The number of nitrogens with zero attached hydrogens (tertiary/aromatic N) is 2. The molecule has 0 fully saturated rings. The average molecular weight is 325 g/mol. The number of aromatic nitrogens is 1. The Hall–Kier alpha value is -2.69. The molecule has 1 heterocycles. The van der Waals surface area contributed by atoms with Crippen LogP contribution in [0.4, 0.5) is 0 Å². The summed E-state index contributed by atoms with van der Waals surface area (Å²) in [5, 5.41) is 2.90. The van der Waals surface area contributed by atoms with Crippen LogP contribution in [0.2, 0.25) is 0 Å². The van der Waals surface area contributed by atoms with Crippen LogP contribution < -0.4 is 5.32 Å². The van der Waals surface area contributed by atoms with Gasteiger partial charge in [-0.25, -0.2) is 0 Å². The molecule has 5 heteroatoms. The topological polar surface area (TPSA) is 62.3 Å². The Morgan fingerprint density at radius 1 is 1.12 bits per heavy atom. The standard InChI is InChI=1S/C19H23N3O2/c1-15-4-3-5-18(12-15)13-21-19(24)8-11-22(16(2)23)14-17-6-9-20-10-7-17/h3-7,9-10,12H,8,11,13-14H2,1-2H3,(H,21,24). The molecular formula is C19H23N3O2. The summed E-state index contributed by atoms with van der Waals surface area (Å²) in [4.78, 5) is 29.4. The summed E-state index contributed by atoms with van der Waals surface area (Å²) in [5.41, 5.74) is 3.24. The van der Waals surface area contributed by atoms with Gasteiger partial charge in [0.15, 0.2) is 0 Å². The minimum atomic E-state index is -0.0579. The van der Waals surface area contributed by atoms with Gasteiger partial charge in [0, 0.05) is 45.4 Å². The number of pyridine rings is 1. The molecule has 0 saturated carbocycles. The fourth-order valence-corrected chi connectivity index (χ4v) is 2.40. The van der Waals surface area contributed by atoms with E-state index < -0.39 is 0 Å². The lowest BCUT2D eigenvalue weighted by molar-refractivity contribution is -0.130. The molecule has 2 amide bonds. The summed E-state index contributed by atoms with van der Waals surface area (Å²) < 4.78 is 0. The Kier molecular flexibility index (Phi) is 6.49. The van der Waals surface area contributed by atoms with Crippen LogP contribution in [0.25, 0.3) is 0 Å². The summed E-state index contributed by atoms with van der Waals surface area (Å²) in [5.74, 6) is -0.101. The van der Waals surface area contributed by atoms with Crippen molar-refractivity contribution in [2.75, 3.05) is 6.54 Å².